The summed E-state index contributed by atoms with van der Waals surface area (Å²) in [7, 11) is 0. The number of carbonyl (C=O) groups excluding carboxylic acids is 3. The number of nitrogens with one attached hydrogen (secondary N) is 2. The Bertz CT molecular complexity index is 1320. The molecule has 0 aliphatic carbocycles. The average molecular weight is 649 g/mol. The molecule has 4 amide bonds. The molecule has 232 valence electrons. The number of anilines is 1. The van der Waals surface area contributed by atoms with Crippen LogP contribution in [0.4, 0.5) is 15.3 Å². The van der Waals surface area contributed by atoms with Crippen LogP contribution in [0.1, 0.15) is 49.0 Å². The van der Waals surface area contributed by atoms with Gasteiger partial charge in [0.1, 0.15) is 0 Å². The molecular weight excluding hydrogens is 609 g/mol. The van der Waals surface area contributed by atoms with Gasteiger partial charge in [-0.15, -0.1) is 11.3 Å². The maximum atomic E-state index is 13.8. The van der Waals surface area contributed by atoms with Crippen LogP contribution < -0.4 is 10.6 Å². The molecule has 0 spiro atoms. The van der Waals surface area contributed by atoms with Crippen LogP contribution in [-0.2, 0) is 22.5 Å². The number of hydrogen-bond donors (Lipinski definition) is 2. The molecule has 43 heavy (non-hydrogen) atoms. The molecule has 0 saturated carbocycles. The average Bonchev–Trinajstić information content (AvgIpc) is 3.49. The molecule has 1 aromatic heterocycles. The van der Waals surface area contributed by atoms with Gasteiger partial charge in [0.15, 0.2) is 6.10 Å². The van der Waals surface area contributed by atoms with Crippen LogP contribution in [-0.4, -0.2) is 84.1 Å². The van der Waals surface area contributed by atoms with Crippen molar-refractivity contribution in [2.45, 2.75) is 63.6 Å². The minimum absolute atomic E-state index is 0.0363. The lowest BCUT2D eigenvalue weighted by Gasteiger charge is -2.40. The second kappa shape index (κ2) is 13.6. The van der Waals surface area contributed by atoms with Crippen LogP contribution in [0.15, 0.2) is 29.6 Å². The highest BCUT2D eigenvalue weighted by Gasteiger charge is 2.37. The second-order valence-corrected chi connectivity index (χ2v) is 13.9. The van der Waals surface area contributed by atoms with Gasteiger partial charge in [-0.1, -0.05) is 29.3 Å². The van der Waals surface area contributed by atoms with Gasteiger partial charge < -0.3 is 30.1 Å². The van der Waals surface area contributed by atoms with Crippen LogP contribution in [0.3, 0.4) is 0 Å². The molecule has 2 aromatic rings. The van der Waals surface area contributed by atoms with Gasteiger partial charge >= 0.3 is 12.1 Å². The number of urea groups is 1. The topological polar surface area (TPSA) is 94.2 Å². The first-order valence-electron chi connectivity index (χ1n) is 15.4. The Morgan fingerprint density at radius 2 is 1.63 bits per heavy atom. The lowest BCUT2D eigenvalue weighted by atomic mass is 9.79. The van der Waals surface area contributed by atoms with Gasteiger partial charge in [0, 0.05) is 43.5 Å². The third kappa shape index (κ3) is 7.08. The third-order valence-corrected chi connectivity index (χ3v) is 11.2. The van der Waals surface area contributed by atoms with E-state index in [1.54, 1.807) is 28.4 Å². The summed E-state index contributed by atoms with van der Waals surface area (Å²) in [6.45, 7) is 5.01. The molecule has 4 aliphatic rings. The Hall–Kier alpha value is -2.53. The molecule has 1 aromatic carbocycles. The largest absolute Gasteiger partial charge is 0.436 e. The predicted molar refractivity (Wildman–Crippen MR) is 169 cm³/mol. The Morgan fingerprint density at radius 3 is 2.35 bits per heavy atom. The number of carbonyl (C=O) groups is 3. The maximum absolute atomic E-state index is 13.8. The van der Waals surface area contributed by atoms with E-state index in [2.05, 4.69) is 10.6 Å². The molecule has 1 atom stereocenters. The van der Waals surface area contributed by atoms with Crippen LogP contribution >= 0.6 is 34.5 Å². The number of thiophene rings is 1. The molecule has 3 saturated heterocycles. The summed E-state index contributed by atoms with van der Waals surface area (Å²) >= 11 is 14.0. The number of piperidine rings is 3. The molecular formula is C31H39Cl2N5O4S. The van der Waals surface area contributed by atoms with Gasteiger partial charge in [-0.2, -0.15) is 0 Å². The van der Waals surface area contributed by atoms with Crippen molar-refractivity contribution in [2.75, 3.05) is 44.6 Å². The zero-order valence-corrected chi connectivity index (χ0v) is 26.6. The van der Waals surface area contributed by atoms with E-state index in [1.165, 1.54) is 12.8 Å². The number of likely N-dealkylation sites (tertiary alicyclic amines) is 2. The molecule has 0 unspecified atom stereocenters. The van der Waals surface area contributed by atoms with E-state index in [9.17, 15) is 14.4 Å². The SMILES string of the molecule is O=C(O[C@H](Cc1ccc(Cl)c(Cl)c1)C(=O)N1CCC(C2CCNCC2)CC1)N1CCC(N2Cc3sccc3NC2=O)CC1. The standard InChI is InChI=1S/C31H39Cl2N5O4S/c32-24-2-1-20(17-25(24)33)18-27(29(39)36-12-5-22(6-13-36)21-3-10-34-11-4-21)42-31(41)37-14-7-23(8-15-37)38-19-28-26(9-16-43-28)35-30(38)40/h1-2,9,16-17,21-23,27,34H,3-8,10-15,18-19H2,(H,35,40)/t27-/m1/s1. The summed E-state index contributed by atoms with van der Waals surface area (Å²) in [5, 5.41) is 9.24. The summed E-state index contributed by atoms with van der Waals surface area (Å²) < 4.78 is 5.98. The molecule has 9 nitrogen and oxygen atoms in total. The number of ether oxygens (including phenoxy) is 1. The van der Waals surface area contributed by atoms with E-state index in [1.807, 2.05) is 27.3 Å². The summed E-state index contributed by atoms with van der Waals surface area (Å²) in [5.74, 6) is 1.20. The summed E-state index contributed by atoms with van der Waals surface area (Å²) in [6.07, 6.45) is 4.44. The number of rotatable bonds is 6. The highest BCUT2D eigenvalue weighted by atomic mass is 35.5. The smallest absolute Gasteiger partial charge is 0.410 e. The van der Waals surface area contributed by atoms with Crippen molar-refractivity contribution in [3.8, 4) is 0 Å². The van der Waals surface area contributed by atoms with E-state index in [-0.39, 0.29) is 24.4 Å². The zero-order valence-electron chi connectivity index (χ0n) is 24.2. The van der Waals surface area contributed by atoms with Crippen LogP contribution in [0.2, 0.25) is 10.0 Å². The predicted octanol–water partition coefficient (Wildman–Crippen LogP) is 5.85. The highest BCUT2D eigenvalue weighted by molar-refractivity contribution is 7.10. The number of halogens is 2. The van der Waals surface area contributed by atoms with Crippen LogP contribution in [0.5, 0.6) is 0 Å². The van der Waals surface area contributed by atoms with Crippen molar-refractivity contribution >= 4 is 58.3 Å². The first-order valence-corrected chi connectivity index (χ1v) is 17.0. The Balaban J connectivity index is 1.08. The maximum Gasteiger partial charge on any atom is 0.410 e. The Morgan fingerprint density at radius 1 is 0.930 bits per heavy atom. The second-order valence-electron chi connectivity index (χ2n) is 12.1. The minimum atomic E-state index is -0.956. The number of nitrogens with zero attached hydrogens (tertiary/aromatic N) is 3. The summed E-state index contributed by atoms with van der Waals surface area (Å²) in [5.41, 5.74) is 1.67. The Kier molecular flexibility index (Phi) is 9.66. The molecule has 0 bridgehead atoms. The molecule has 3 fully saturated rings. The monoisotopic (exact) mass is 647 g/mol. The van der Waals surface area contributed by atoms with Crippen molar-refractivity contribution in [1.29, 1.82) is 0 Å². The third-order valence-electron chi connectivity index (χ3n) is 9.55. The van der Waals surface area contributed by atoms with Crippen molar-refractivity contribution < 1.29 is 19.1 Å². The van der Waals surface area contributed by atoms with Gasteiger partial charge in [0.05, 0.1) is 22.3 Å². The molecule has 5 heterocycles. The Labute approximate surface area is 266 Å². The number of hydrogen-bond acceptors (Lipinski definition) is 6. The molecule has 12 heteroatoms. The van der Waals surface area contributed by atoms with E-state index >= 15 is 0 Å². The van der Waals surface area contributed by atoms with E-state index in [0.717, 1.165) is 48.0 Å². The lowest BCUT2D eigenvalue weighted by Crippen LogP contribution is -2.52. The highest BCUT2D eigenvalue weighted by Crippen LogP contribution is 2.33. The van der Waals surface area contributed by atoms with E-state index in [0.29, 0.717) is 61.5 Å². The first-order chi connectivity index (χ1) is 20.9. The fourth-order valence-corrected chi connectivity index (χ4v) is 8.16. The van der Waals surface area contributed by atoms with Crippen molar-refractivity contribution in [3.63, 3.8) is 0 Å². The normalized spacial score (nSPS) is 21.3. The first kappa shape index (κ1) is 30.5. The quantitative estimate of drug-likeness (QED) is 0.410. The lowest BCUT2D eigenvalue weighted by molar-refractivity contribution is -0.142. The molecule has 4 aliphatic heterocycles. The van der Waals surface area contributed by atoms with E-state index in [4.69, 9.17) is 27.9 Å². The van der Waals surface area contributed by atoms with Gasteiger partial charge in [0.25, 0.3) is 5.91 Å². The van der Waals surface area contributed by atoms with Gasteiger partial charge in [-0.3, -0.25) is 4.79 Å². The number of benzene rings is 1. The van der Waals surface area contributed by atoms with Crippen LogP contribution in [0, 0.1) is 11.8 Å². The van der Waals surface area contributed by atoms with Crippen molar-refractivity contribution in [2.24, 2.45) is 11.8 Å². The van der Waals surface area contributed by atoms with Crippen molar-refractivity contribution in [3.05, 3.63) is 50.1 Å². The fraction of sp³-hybridized carbons (Fsp3) is 0.581. The molecule has 2 N–H and O–H groups in total. The van der Waals surface area contributed by atoms with Crippen molar-refractivity contribution in [1.82, 2.24) is 20.0 Å². The fourth-order valence-electron chi connectivity index (χ4n) is 7.01. The van der Waals surface area contributed by atoms with Gasteiger partial charge in [-0.25, -0.2) is 9.59 Å². The van der Waals surface area contributed by atoms with Gasteiger partial charge in [-0.05, 0) is 92.6 Å². The van der Waals surface area contributed by atoms with Gasteiger partial charge in [0.2, 0.25) is 0 Å². The zero-order chi connectivity index (χ0) is 29.9. The van der Waals surface area contributed by atoms with E-state index < -0.39 is 12.2 Å². The number of fused-ring (bicyclic) bond motifs is 1. The summed E-state index contributed by atoms with van der Waals surface area (Å²) in [6, 6.07) is 7.13. The summed E-state index contributed by atoms with van der Waals surface area (Å²) in [4.78, 5) is 46.5. The van der Waals surface area contributed by atoms with Crippen LogP contribution in [0.25, 0.3) is 0 Å². The molecule has 6 rings (SSSR count). The minimum Gasteiger partial charge on any atom is -0.436 e. The number of amides is 4. The molecule has 0 radical (unpaired) electrons.